The fourth-order valence-electron chi connectivity index (χ4n) is 1.89. The van der Waals surface area contributed by atoms with Crippen molar-refractivity contribution < 1.29 is 4.79 Å². The Morgan fingerprint density at radius 2 is 2.18 bits per heavy atom. The van der Waals surface area contributed by atoms with E-state index in [-0.39, 0.29) is 0 Å². The molecule has 1 heteroatoms. The minimum absolute atomic E-state index is 0.419. The summed E-state index contributed by atoms with van der Waals surface area (Å²) in [5.74, 6) is 0.951. The van der Waals surface area contributed by atoms with E-state index >= 15 is 0 Å². The number of carbonyl (C=O) groups excluding carboxylic acids is 1. The van der Waals surface area contributed by atoms with E-state index < -0.39 is 0 Å². The summed E-state index contributed by atoms with van der Waals surface area (Å²) >= 11 is 0. The lowest BCUT2D eigenvalue weighted by molar-refractivity contribution is -0.122. The predicted octanol–water partition coefficient (Wildman–Crippen LogP) is 2.94. The average Bonchev–Trinajstić information content (AvgIpc) is 2.18. The first-order chi connectivity index (χ1) is 5.34. The van der Waals surface area contributed by atoms with Crippen molar-refractivity contribution in [3.63, 3.8) is 0 Å². The van der Waals surface area contributed by atoms with Gasteiger partial charge in [0, 0.05) is 12.3 Å². The molecule has 0 aliphatic heterocycles. The monoisotopic (exact) mass is 154 g/mol. The molecule has 1 saturated carbocycles. The summed E-state index contributed by atoms with van der Waals surface area (Å²) in [6.07, 6.45) is 7.98. The molecule has 0 saturated heterocycles. The Bertz CT molecular complexity index is 129. The highest BCUT2D eigenvalue weighted by Crippen LogP contribution is 2.23. The van der Waals surface area contributed by atoms with Crippen LogP contribution in [-0.2, 0) is 4.79 Å². The Hall–Kier alpha value is -0.330. The van der Waals surface area contributed by atoms with Crippen LogP contribution in [0.2, 0.25) is 0 Å². The van der Waals surface area contributed by atoms with Crippen LogP contribution in [-0.4, -0.2) is 5.78 Å². The highest BCUT2D eigenvalue weighted by Gasteiger charge is 2.18. The van der Waals surface area contributed by atoms with Crippen LogP contribution in [0, 0.1) is 5.92 Å². The maximum absolute atomic E-state index is 11.4. The normalized spacial score (nSPS) is 26.6. The second-order valence-corrected chi connectivity index (χ2v) is 3.55. The summed E-state index contributed by atoms with van der Waals surface area (Å²) in [5, 5.41) is 0. The molecule has 0 radical (unpaired) electrons. The second kappa shape index (κ2) is 4.53. The number of rotatable bonds is 2. The highest BCUT2D eigenvalue weighted by atomic mass is 16.1. The van der Waals surface area contributed by atoms with E-state index in [1.165, 1.54) is 12.8 Å². The van der Waals surface area contributed by atoms with Crippen molar-refractivity contribution in [3.05, 3.63) is 0 Å². The number of hydrogen-bond acceptors (Lipinski definition) is 1. The Kier molecular flexibility index (Phi) is 3.61. The van der Waals surface area contributed by atoms with E-state index in [4.69, 9.17) is 0 Å². The smallest absolute Gasteiger partial charge is 0.135 e. The third-order valence-electron chi connectivity index (χ3n) is 2.57. The molecule has 1 atom stereocenters. The van der Waals surface area contributed by atoms with Crippen LogP contribution in [0.1, 0.15) is 51.9 Å². The Morgan fingerprint density at radius 1 is 1.36 bits per heavy atom. The molecule has 1 aliphatic rings. The van der Waals surface area contributed by atoms with Crippen LogP contribution in [0.3, 0.4) is 0 Å². The number of Topliss-reactive ketones (excluding diaryl/α,β-unsaturated/α-hetero) is 1. The molecule has 0 aromatic rings. The van der Waals surface area contributed by atoms with E-state index in [9.17, 15) is 4.79 Å². The lowest BCUT2D eigenvalue weighted by atomic mass is 9.94. The second-order valence-electron chi connectivity index (χ2n) is 3.55. The average molecular weight is 154 g/mol. The van der Waals surface area contributed by atoms with Gasteiger partial charge in [0.05, 0.1) is 0 Å². The number of ketones is 1. The van der Waals surface area contributed by atoms with Gasteiger partial charge in [-0.3, -0.25) is 4.79 Å². The van der Waals surface area contributed by atoms with Crippen LogP contribution >= 0.6 is 0 Å². The van der Waals surface area contributed by atoms with E-state index in [2.05, 4.69) is 6.92 Å². The lowest BCUT2D eigenvalue weighted by Gasteiger charge is -2.09. The molecule has 1 rings (SSSR count). The summed E-state index contributed by atoms with van der Waals surface area (Å²) in [6, 6.07) is 0. The molecule has 0 spiro atoms. The summed E-state index contributed by atoms with van der Waals surface area (Å²) in [5.41, 5.74) is 0. The first-order valence-corrected chi connectivity index (χ1v) is 4.87. The van der Waals surface area contributed by atoms with Gasteiger partial charge in [-0.1, -0.05) is 26.2 Å². The summed E-state index contributed by atoms with van der Waals surface area (Å²) in [7, 11) is 0. The van der Waals surface area contributed by atoms with E-state index in [0.29, 0.717) is 11.7 Å². The zero-order valence-electron chi connectivity index (χ0n) is 7.44. The molecule has 0 aromatic carbocycles. The maximum atomic E-state index is 11.4. The van der Waals surface area contributed by atoms with Crippen molar-refractivity contribution in [1.29, 1.82) is 0 Å². The molecule has 1 unspecified atom stereocenters. The first-order valence-electron chi connectivity index (χ1n) is 4.87. The van der Waals surface area contributed by atoms with Crippen molar-refractivity contribution in [2.75, 3.05) is 0 Å². The largest absolute Gasteiger partial charge is 0.299 e. The highest BCUT2D eigenvalue weighted by molar-refractivity contribution is 5.81. The van der Waals surface area contributed by atoms with Crippen molar-refractivity contribution in [3.8, 4) is 0 Å². The number of carbonyl (C=O) groups is 1. The minimum Gasteiger partial charge on any atom is -0.299 e. The van der Waals surface area contributed by atoms with Gasteiger partial charge in [-0.05, 0) is 19.3 Å². The molecule has 0 aromatic heterocycles. The van der Waals surface area contributed by atoms with Gasteiger partial charge >= 0.3 is 0 Å². The van der Waals surface area contributed by atoms with Gasteiger partial charge in [-0.25, -0.2) is 0 Å². The molecule has 1 aliphatic carbocycles. The Labute approximate surface area is 69.2 Å². The first kappa shape index (κ1) is 8.76. The summed E-state index contributed by atoms with van der Waals surface area (Å²) < 4.78 is 0. The van der Waals surface area contributed by atoms with Crippen LogP contribution in [0.25, 0.3) is 0 Å². The van der Waals surface area contributed by atoms with E-state index in [1.807, 2.05) is 0 Å². The molecule has 0 amide bonds. The van der Waals surface area contributed by atoms with Gasteiger partial charge in [0.15, 0.2) is 0 Å². The molecule has 1 fully saturated rings. The molecule has 1 nitrogen and oxygen atoms in total. The molecule has 0 heterocycles. The quantitative estimate of drug-likeness (QED) is 0.559. The van der Waals surface area contributed by atoms with Gasteiger partial charge in [0.25, 0.3) is 0 Å². The summed E-state index contributed by atoms with van der Waals surface area (Å²) in [6.45, 7) is 2.16. The lowest BCUT2D eigenvalue weighted by Crippen LogP contribution is -2.11. The summed E-state index contributed by atoms with van der Waals surface area (Å²) in [4.78, 5) is 11.4. The molecule has 0 N–H and O–H groups in total. The zero-order chi connectivity index (χ0) is 8.10. The van der Waals surface area contributed by atoms with Gasteiger partial charge in [-0.2, -0.15) is 0 Å². The topological polar surface area (TPSA) is 17.1 Å². The van der Waals surface area contributed by atoms with Crippen molar-refractivity contribution in [1.82, 2.24) is 0 Å². The molecule has 11 heavy (non-hydrogen) atoms. The van der Waals surface area contributed by atoms with Crippen molar-refractivity contribution in [2.24, 2.45) is 5.92 Å². The molecular formula is C10H18O. The Balaban J connectivity index is 2.39. The zero-order valence-corrected chi connectivity index (χ0v) is 7.44. The van der Waals surface area contributed by atoms with Crippen molar-refractivity contribution >= 4 is 5.78 Å². The van der Waals surface area contributed by atoms with Crippen LogP contribution in [0.5, 0.6) is 0 Å². The van der Waals surface area contributed by atoms with Gasteiger partial charge < -0.3 is 0 Å². The standard InChI is InChI=1S/C10H18O/c1-2-6-9-7-4-3-5-8-10(9)11/h9H,2-8H2,1H3. The van der Waals surface area contributed by atoms with E-state index in [1.54, 1.807) is 0 Å². The Morgan fingerprint density at radius 3 is 2.91 bits per heavy atom. The third-order valence-corrected chi connectivity index (χ3v) is 2.57. The third kappa shape index (κ3) is 2.64. The van der Waals surface area contributed by atoms with Crippen LogP contribution < -0.4 is 0 Å². The predicted molar refractivity (Wildman–Crippen MR) is 46.5 cm³/mol. The fourth-order valence-corrected chi connectivity index (χ4v) is 1.89. The minimum atomic E-state index is 0.419. The molecular weight excluding hydrogens is 136 g/mol. The van der Waals surface area contributed by atoms with Crippen LogP contribution in [0.15, 0.2) is 0 Å². The van der Waals surface area contributed by atoms with Crippen LogP contribution in [0.4, 0.5) is 0 Å². The SMILES string of the molecule is CCCC1CCCCCC1=O. The van der Waals surface area contributed by atoms with Gasteiger partial charge in [-0.15, -0.1) is 0 Å². The van der Waals surface area contributed by atoms with E-state index in [0.717, 1.165) is 32.1 Å². The van der Waals surface area contributed by atoms with Gasteiger partial charge in [0.2, 0.25) is 0 Å². The molecule has 0 bridgehead atoms. The maximum Gasteiger partial charge on any atom is 0.135 e. The fraction of sp³-hybridized carbons (Fsp3) is 0.900. The van der Waals surface area contributed by atoms with Gasteiger partial charge in [0.1, 0.15) is 5.78 Å². The molecule has 64 valence electrons. The number of hydrogen-bond donors (Lipinski definition) is 0. The van der Waals surface area contributed by atoms with Crippen molar-refractivity contribution in [2.45, 2.75) is 51.9 Å².